The maximum atomic E-state index is 6.59. The van der Waals surface area contributed by atoms with Crippen molar-refractivity contribution in [2.24, 2.45) is 5.73 Å². The van der Waals surface area contributed by atoms with E-state index in [-0.39, 0.29) is 5.54 Å². The topological polar surface area (TPSA) is 29.3 Å². The number of nitrogens with two attached hydrogens (primary N) is 1. The predicted octanol–water partition coefficient (Wildman–Crippen LogP) is 2.10. The predicted molar refractivity (Wildman–Crippen MR) is 66.1 cm³/mol. The van der Waals surface area contributed by atoms with Crippen molar-refractivity contribution in [1.29, 1.82) is 0 Å². The Bertz CT molecular complexity index is 362. The Labute approximate surface area is 97.4 Å². The Kier molecular flexibility index (Phi) is 2.49. The highest BCUT2D eigenvalue weighted by molar-refractivity contribution is 5.25. The summed E-state index contributed by atoms with van der Waals surface area (Å²) in [7, 11) is 0. The van der Waals surface area contributed by atoms with Gasteiger partial charge in [0.1, 0.15) is 0 Å². The van der Waals surface area contributed by atoms with E-state index in [1.165, 1.54) is 31.4 Å². The summed E-state index contributed by atoms with van der Waals surface area (Å²) < 4.78 is 0. The van der Waals surface area contributed by atoms with Crippen molar-refractivity contribution in [3.05, 3.63) is 35.9 Å². The van der Waals surface area contributed by atoms with Crippen LogP contribution in [0.3, 0.4) is 0 Å². The summed E-state index contributed by atoms with van der Waals surface area (Å²) in [4.78, 5) is 2.59. The van der Waals surface area contributed by atoms with Crippen molar-refractivity contribution in [3.8, 4) is 0 Å². The van der Waals surface area contributed by atoms with Crippen LogP contribution in [0.2, 0.25) is 0 Å². The van der Waals surface area contributed by atoms with Gasteiger partial charge in [-0.25, -0.2) is 0 Å². The van der Waals surface area contributed by atoms with Gasteiger partial charge in [0.15, 0.2) is 0 Å². The number of nitrogens with zero attached hydrogens (tertiary/aromatic N) is 1. The lowest BCUT2D eigenvalue weighted by atomic mass is 9.81. The Morgan fingerprint density at radius 1 is 1.19 bits per heavy atom. The minimum atomic E-state index is -0.109. The largest absolute Gasteiger partial charge is 0.320 e. The number of hydrogen-bond donors (Lipinski definition) is 1. The van der Waals surface area contributed by atoms with Gasteiger partial charge in [0.25, 0.3) is 0 Å². The first-order valence-corrected chi connectivity index (χ1v) is 6.36. The Hall–Kier alpha value is -0.860. The van der Waals surface area contributed by atoms with Crippen LogP contribution in [0.15, 0.2) is 30.3 Å². The van der Waals surface area contributed by atoms with Crippen LogP contribution < -0.4 is 5.73 Å². The molecule has 2 heterocycles. The normalized spacial score (nSPS) is 34.9. The monoisotopic (exact) mass is 216 g/mol. The molecule has 2 aliphatic rings. The molecule has 3 rings (SSSR count). The van der Waals surface area contributed by atoms with E-state index in [1.54, 1.807) is 0 Å². The first-order chi connectivity index (χ1) is 7.78. The van der Waals surface area contributed by atoms with Gasteiger partial charge in [-0.2, -0.15) is 0 Å². The number of rotatable bonds is 1. The summed E-state index contributed by atoms with van der Waals surface area (Å²) in [6, 6.07) is 11.4. The zero-order chi connectivity index (χ0) is 11.0. The van der Waals surface area contributed by atoms with Gasteiger partial charge >= 0.3 is 0 Å². The van der Waals surface area contributed by atoms with Crippen LogP contribution in [0, 0.1) is 0 Å². The standard InChI is InChI=1S/C14H20N2/c15-14(12-5-2-1-3-6-12)9-8-13-7-4-10-16(13)11-14/h1-3,5-6,13H,4,7-11,15H2/t13-,14-/m0/s1. The van der Waals surface area contributed by atoms with Crippen LogP contribution in [0.5, 0.6) is 0 Å². The molecule has 2 atom stereocenters. The van der Waals surface area contributed by atoms with Gasteiger partial charge < -0.3 is 5.73 Å². The molecule has 1 aromatic rings. The average molecular weight is 216 g/mol. The van der Waals surface area contributed by atoms with Gasteiger partial charge in [-0.3, -0.25) is 4.90 Å². The Morgan fingerprint density at radius 2 is 2.00 bits per heavy atom. The van der Waals surface area contributed by atoms with Crippen molar-refractivity contribution in [3.63, 3.8) is 0 Å². The van der Waals surface area contributed by atoms with E-state index in [2.05, 4.69) is 35.2 Å². The first kappa shape index (κ1) is 10.3. The molecule has 1 aromatic carbocycles. The fourth-order valence-electron chi connectivity index (χ4n) is 3.30. The highest BCUT2D eigenvalue weighted by Gasteiger charge is 2.39. The molecule has 0 aliphatic carbocycles. The van der Waals surface area contributed by atoms with Gasteiger partial charge in [0, 0.05) is 12.6 Å². The lowest BCUT2D eigenvalue weighted by Crippen LogP contribution is -2.53. The van der Waals surface area contributed by atoms with Gasteiger partial charge in [-0.05, 0) is 37.8 Å². The Balaban J connectivity index is 1.84. The van der Waals surface area contributed by atoms with Gasteiger partial charge in [-0.1, -0.05) is 30.3 Å². The molecule has 0 saturated carbocycles. The van der Waals surface area contributed by atoms with E-state index in [0.717, 1.165) is 19.0 Å². The molecule has 2 fully saturated rings. The lowest BCUT2D eigenvalue weighted by molar-refractivity contribution is 0.124. The number of benzene rings is 1. The molecule has 2 saturated heterocycles. The molecular formula is C14H20N2. The molecule has 0 amide bonds. The maximum Gasteiger partial charge on any atom is 0.0539 e. The zero-order valence-corrected chi connectivity index (χ0v) is 9.73. The quantitative estimate of drug-likeness (QED) is 0.779. The molecule has 0 aromatic heterocycles. The lowest BCUT2D eigenvalue weighted by Gasteiger charge is -2.42. The van der Waals surface area contributed by atoms with E-state index >= 15 is 0 Å². The molecular weight excluding hydrogens is 196 g/mol. The molecule has 16 heavy (non-hydrogen) atoms. The van der Waals surface area contributed by atoms with Crippen LogP contribution in [0.4, 0.5) is 0 Å². The van der Waals surface area contributed by atoms with Crippen molar-refractivity contribution in [2.45, 2.75) is 37.3 Å². The van der Waals surface area contributed by atoms with Crippen LogP contribution >= 0.6 is 0 Å². The third kappa shape index (κ3) is 1.66. The maximum absolute atomic E-state index is 6.59. The molecule has 0 bridgehead atoms. The molecule has 0 spiro atoms. The van der Waals surface area contributed by atoms with Gasteiger partial charge in [-0.15, -0.1) is 0 Å². The van der Waals surface area contributed by atoms with E-state index in [1.807, 2.05) is 0 Å². The molecule has 86 valence electrons. The second-order valence-corrected chi connectivity index (χ2v) is 5.33. The number of fused-ring (bicyclic) bond motifs is 1. The summed E-state index contributed by atoms with van der Waals surface area (Å²) in [5.74, 6) is 0. The van der Waals surface area contributed by atoms with Crippen molar-refractivity contribution < 1.29 is 0 Å². The smallest absolute Gasteiger partial charge is 0.0539 e. The van der Waals surface area contributed by atoms with E-state index in [9.17, 15) is 0 Å². The van der Waals surface area contributed by atoms with Crippen LogP contribution in [0.1, 0.15) is 31.2 Å². The summed E-state index contributed by atoms with van der Waals surface area (Å²) >= 11 is 0. The number of hydrogen-bond acceptors (Lipinski definition) is 2. The fourth-order valence-corrected chi connectivity index (χ4v) is 3.30. The van der Waals surface area contributed by atoms with Gasteiger partial charge in [0.2, 0.25) is 0 Å². The molecule has 0 radical (unpaired) electrons. The average Bonchev–Trinajstić information content (AvgIpc) is 2.77. The molecule has 2 aliphatic heterocycles. The van der Waals surface area contributed by atoms with E-state index in [4.69, 9.17) is 5.73 Å². The Morgan fingerprint density at radius 3 is 2.81 bits per heavy atom. The van der Waals surface area contributed by atoms with E-state index < -0.39 is 0 Å². The highest BCUT2D eigenvalue weighted by atomic mass is 15.2. The molecule has 2 nitrogen and oxygen atoms in total. The van der Waals surface area contributed by atoms with Crippen LogP contribution in [0.25, 0.3) is 0 Å². The van der Waals surface area contributed by atoms with Crippen molar-refractivity contribution in [1.82, 2.24) is 4.90 Å². The highest BCUT2D eigenvalue weighted by Crippen LogP contribution is 2.35. The summed E-state index contributed by atoms with van der Waals surface area (Å²) in [5.41, 5.74) is 7.79. The first-order valence-electron chi connectivity index (χ1n) is 6.36. The molecule has 2 heteroatoms. The summed E-state index contributed by atoms with van der Waals surface area (Å²) in [5, 5.41) is 0. The minimum Gasteiger partial charge on any atom is -0.320 e. The molecule has 0 unspecified atom stereocenters. The fraction of sp³-hybridized carbons (Fsp3) is 0.571. The van der Waals surface area contributed by atoms with Gasteiger partial charge in [0.05, 0.1) is 5.54 Å². The van der Waals surface area contributed by atoms with Crippen LogP contribution in [-0.2, 0) is 5.54 Å². The third-order valence-electron chi connectivity index (χ3n) is 4.26. The van der Waals surface area contributed by atoms with E-state index in [0.29, 0.717) is 0 Å². The summed E-state index contributed by atoms with van der Waals surface area (Å²) in [6.45, 7) is 2.29. The number of piperidine rings is 1. The SMILES string of the molecule is N[C@@]1(c2ccccc2)CC[C@@H]2CCCN2C1. The zero-order valence-electron chi connectivity index (χ0n) is 9.73. The van der Waals surface area contributed by atoms with Crippen molar-refractivity contribution in [2.75, 3.05) is 13.1 Å². The summed E-state index contributed by atoms with van der Waals surface area (Å²) in [6.07, 6.45) is 5.14. The van der Waals surface area contributed by atoms with Crippen molar-refractivity contribution >= 4 is 0 Å². The second-order valence-electron chi connectivity index (χ2n) is 5.33. The molecule has 2 N–H and O–H groups in total. The third-order valence-corrected chi connectivity index (χ3v) is 4.26. The minimum absolute atomic E-state index is 0.109. The second kappa shape index (κ2) is 3.86. The van der Waals surface area contributed by atoms with Crippen LogP contribution in [-0.4, -0.2) is 24.0 Å².